The van der Waals surface area contributed by atoms with Crippen LogP contribution in [0.25, 0.3) is 5.65 Å². The van der Waals surface area contributed by atoms with Crippen molar-refractivity contribution in [1.82, 2.24) is 24.8 Å². The van der Waals surface area contributed by atoms with E-state index in [-0.39, 0.29) is 35.0 Å². The van der Waals surface area contributed by atoms with Gasteiger partial charge in [-0.3, -0.25) is 5.32 Å². The number of amides is 2. The molecular weight excluding hydrogens is 456 g/mol. The van der Waals surface area contributed by atoms with Crippen molar-refractivity contribution in [2.45, 2.75) is 30.6 Å². The van der Waals surface area contributed by atoms with E-state index in [2.05, 4.69) is 25.6 Å². The second-order valence-corrected chi connectivity index (χ2v) is 7.13. The highest BCUT2D eigenvalue weighted by Gasteiger charge is 2.66. The van der Waals surface area contributed by atoms with Crippen molar-refractivity contribution < 1.29 is 31.1 Å². The lowest BCUT2D eigenvalue weighted by molar-refractivity contribution is -0.161. The summed E-state index contributed by atoms with van der Waals surface area (Å²) in [6, 6.07) is 0.632. The first-order chi connectivity index (χ1) is 14.4. The van der Waals surface area contributed by atoms with Crippen LogP contribution in [-0.4, -0.2) is 37.0 Å². The molecule has 0 radical (unpaired) electrons. The van der Waals surface area contributed by atoms with Crippen molar-refractivity contribution in [1.29, 1.82) is 0 Å². The van der Waals surface area contributed by atoms with Gasteiger partial charge in [-0.05, 0) is 18.9 Å². The van der Waals surface area contributed by atoms with E-state index in [1.165, 1.54) is 6.07 Å². The second kappa shape index (κ2) is 6.93. The molecule has 1 aliphatic carbocycles. The first-order valence-electron chi connectivity index (χ1n) is 8.50. The molecule has 0 bridgehead atoms. The monoisotopic (exact) mass is 465 g/mol. The molecule has 15 heteroatoms. The highest BCUT2D eigenvalue weighted by atomic mass is 35.5. The summed E-state index contributed by atoms with van der Waals surface area (Å²) in [5.74, 6) is -0.554. The molecule has 3 heterocycles. The molecule has 31 heavy (non-hydrogen) atoms. The minimum atomic E-state index is -4.73. The lowest BCUT2D eigenvalue weighted by Crippen LogP contribution is -2.33. The van der Waals surface area contributed by atoms with Gasteiger partial charge in [0.05, 0.1) is 29.3 Å². The van der Waals surface area contributed by atoms with E-state index in [0.29, 0.717) is 12.3 Å². The van der Waals surface area contributed by atoms with Crippen LogP contribution >= 0.6 is 11.6 Å². The first kappa shape index (κ1) is 21.1. The number of carbonyl (C=O) groups excluding carboxylic acids is 1. The Balaban J connectivity index is 1.68. The topological polar surface area (TPSA) is 97.1 Å². The Bertz CT molecular complexity index is 1170. The van der Waals surface area contributed by atoms with Gasteiger partial charge in [-0.25, -0.2) is 14.3 Å². The average molecular weight is 466 g/mol. The van der Waals surface area contributed by atoms with Crippen LogP contribution in [0.2, 0.25) is 5.15 Å². The quantitative estimate of drug-likeness (QED) is 0.558. The number of anilines is 2. The zero-order valence-corrected chi connectivity index (χ0v) is 15.8. The molecule has 0 aliphatic heterocycles. The van der Waals surface area contributed by atoms with Crippen LogP contribution in [0.3, 0.4) is 0 Å². The highest BCUT2D eigenvalue weighted by molar-refractivity contribution is 6.29. The third kappa shape index (κ3) is 3.82. The summed E-state index contributed by atoms with van der Waals surface area (Å²) in [6.07, 6.45) is -8.42. The third-order valence-electron chi connectivity index (χ3n) is 4.67. The Morgan fingerprint density at radius 2 is 1.81 bits per heavy atom. The zero-order chi connectivity index (χ0) is 22.6. The molecule has 0 atom stereocenters. The summed E-state index contributed by atoms with van der Waals surface area (Å²) in [5, 5.41) is 14.4. The molecule has 2 amide bonds. The lowest BCUT2D eigenvalue weighted by atomic mass is 10.00. The van der Waals surface area contributed by atoms with Gasteiger partial charge in [0.2, 0.25) is 0 Å². The molecule has 2 N–H and O–H groups in total. The smallest absolute Gasteiger partial charge is 0.305 e. The van der Waals surface area contributed by atoms with E-state index in [1.54, 1.807) is 0 Å². The summed E-state index contributed by atoms with van der Waals surface area (Å²) < 4.78 is 80.6. The summed E-state index contributed by atoms with van der Waals surface area (Å²) in [5.41, 5.74) is -4.13. The molecule has 1 fully saturated rings. The molecular formula is C16H10ClF6N7O. The van der Waals surface area contributed by atoms with Crippen LogP contribution in [0.15, 0.2) is 24.5 Å². The fourth-order valence-corrected chi connectivity index (χ4v) is 3.26. The van der Waals surface area contributed by atoms with Crippen molar-refractivity contribution in [2.75, 3.05) is 10.6 Å². The molecule has 1 saturated carbocycles. The highest BCUT2D eigenvalue weighted by Crippen LogP contribution is 2.60. The van der Waals surface area contributed by atoms with Crippen LogP contribution < -0.4 is 10.6 Å². The van der Waals surface area contributed by atoms with E-state index in [4.69, 9.17) is 11.6 Å². The molecule has 8 nitrogen and oxygen atoms in total. The van der Waals surface area contributed by atoms with Crippen LogP contribution in [0.4, 0.5) is 42.6 Å². The minimum Gasteiger partial charge on any atom is -0.305 e. The van der Waals surface area contributed by atoms with Gasteiger partial charge in [-0.1, -0.05) is 11.6 Å². The molecule has 0 spiro atoms. The van der Waals surface area contributed by atoms with E-state index in [0.717, 1.165) is 10.7 Å². The minimum absolute atomic E-state index is 0.0326. The molecule has 164 valence electrons. The predicted octanol–water partition coefficient (Wildman–Crippen LogP) is 4.43. The number of fused-ring (bicyclic) bond motifs is 1. The number of halogens is 7. The van der Waals surface area contributed by atoms with Gasteiger partial charge < -0.3 is 5.32 Å². The van der Waals surface area contributed by atoms with Gasteiger partial charge in [-0.2, -0.15) is 36.5 Å². The Hall–Kier alpha value is -3.16. The van der Waals surface area contributed by atoms with Crippen LogP contribution in [-0.2, 0) is 11.6 Å². The normalized spacial score (nSPS) is 15.7. The number of hydrogen-bond donors (Lipinski definition) is 2. The van der Waals surface area contributed by atoms with Gasteiger partial charge in [0.25, 0.3) is 0 Å². The fourth-order valence-electron chi connectivity index (χ4n) is 3.09. The summed E-state index contributed by atoms with van der Waals surface area (Å²) >= 11 is 5.80. The maximum Gasteiger partial charge on any atom is 0.418 e. The molecule has 4 rings (SSSR count). The molecule has 1 aliphatic rings. The maximum absolute atomic E-state index is 13.8. The van der Waals surface area contributed by atoms with Crippen LogP contribution in [0, 0.1) is 0 Å². The largest absolute Gasteiger partial charge is 0.418 e. The van der Waals surface area contributed by atoms with Gasteiger partial charge in [0, 0.05) is 6.07 Å². The number of nitrogens with one attached hydrogen (secondary N) is 2. The van der Waals surface area contributed by atoms with Crippen LogP contribution in [0.5, 0.6) is 0 Å². The second-order valence-electron chi connectivity index (χ2n) is 6.74. The Morgan fingerprint density at radius 3 is 2.42 bits per heavy atom. The van der Waals surface area contributed by atoms with Crippen molar-refractivity contribution in [2.24, 2.45) is 0 Å². The number of hydrogen-bond acceptors (Lipinski definition) is 5. The Kier molecular flexibility index (Phi) is 4.72. The van der Waals surface area contributed by atoms with Crippen molar-refractivity contribution >= 4 is 34.8 Å². The van der Waals surface area contributed by atoms with Gasteiger partial charge >= 0.3 is 18.4 Å². The number of alkyl halides is 6. The van der Waals surface area contributed by atoms with E-state index in [1.807, 2.05) is 5.32 Å². The molecule has 0 aromatic carbocycles. The molecule has 3 aromatic rings. The first-order valence-corrected chi connectivity index (χ1v) is 8.88. The number of rotatable bonds is 3. The molecule has 0 saturated heterocycles. The van der Waals surface area contributed by atoms with Gasteiger partial charge in [0.1, 0.15) is 5.41 Å². The number of nitrogens with zero attached hydrogens (tertiary/aromatic N) is 5. The average Bonchev–Trinajstić information content (AvgIpc) is 3.37. The van der Waals surface area contributed by atoms with Crippen LogP contribution in [0.1, 0.15) is 24.1 Å². The van der Waals surface area contributed by atoms with Crippen molar-refractivity contribution in [3.63, 3.8) is 0 Å². The molecule has 0 unspecified atom stereocenters. The van der Waals surface area contributed by atoms with Crippen molar-refractivity contribution in [3.8, 4) is 0 Å². The number of aromatic nitrogens is 5. The zero-order valence-electron chi connectivity index (χ0n) is 15.0. The summed E-state index contributed by atoms with van der Waals surface area (Å²) in [7, 11) is 0. The summed E-state index contributed by atoms with van der Waals surface area (Å²) in [4.78, 5) is 16.2. The standard InChI is InChI=1S/C16H10ClF6N7O/c17-9-4-11-24-6-8(12(30(11)29-9)14(1-2-14)16(21,22)23)26-13(31)27-10-3-7(5-25-28-10)15(18,19)20/h3-6H,1-2H2,(H2,26,27,28,31). The van der Waals surface area contributed by atoms with E-state index in [9.17, 15) is 31.1 Å². The SMILES string of the molecule is O=C(Nc1cc(C(F)(F)F)cnn1)Nc1cnc2cc(Cl)nn2c1C1(C(F)(F)F)CC1. The number of urea groups is 1. The third-order valence-corrected chi connectivity index (χ3v) is 4.86. The Morgan fingerprint density at radius 1 is 1.10 bits per heavy atom. The van der Waals surface area contributed by atoms with Gasteiger partial charge in [-0.15, -0.1) is 5.10 Å². The maximum atomic E-state index is 13.8. The lowest BCUT2D eigenvalue weighted by Gasteiger charge is -2.23. The Labute approximate surface area is 173 Å². The molecule has 3 aromatic heterocycles. The van der Waals surface area contributed by atoms with Crippen molar-refractivity contribution in [3.05, 3.63) is 40.9 Å². The fraction of sp³-hybridized carbons (Fsp3) is 0.312. The summed E-state index contributed by atoms with van der Waals surface area (Å²) in [6.45, 7) is 0. The van der Waals surface area contributed by atoms with E-state index >= 15 is 0 Å². The number of carbonyl (C=O) groups is 1. The predicted molar refractivity (Wildman–Crippen MR) is 94.6 cm³/mol. The van der Waals surface area contributed by atoms with Gasteiger partial charge in [0.15, 0.2) is 16.6 Å². The van der Waals surface area contributed by atoms with E-state index < -0.39 is 35.2 Å².